The van der Waals surface area contributed by atoms with Crippen LogP contribution in [0.4, 0.5) is 0 Å². The highest BCUT2D eigenvalue weighted by molar-refractivity contribution is 4.83. The van der Waals surface area contributed by atoms with Gasteiger partial charge in [-0.25, -0.2) is 0 Å². The van der Waals surface area contributed by atoms with Crippen LogP contribution in [0.3, 0.4) is 0 Å². The summed E-state index contributed by atoms with van der Waals surface area (Å²) in [7, 11) is 0. The van der Waals surface area contributed by atoms with E-state index in [0.717, 1.165) is 12.6 Å². The van der Waals surface area contributed by atoms with Crippen LogP contribution in [0, 0.1) is 0 Å². The number of hydrogen-bond acceptors (Lipinski definition) is 3. The molecule has 2 saturated heterocycles. The van der Waals surface area contributed by atoms with Crippen molar-refractivity contribution in [2.24, 2.45) is 0 Å². The Morgan fingerprint density at radius 2 is 1.94 bits per heavy atom. The molecule has 3 heteroatoms. The van der Waals surface area contributed by atoms with Gasteiger partial charge >= 0.3 is 0 Å². The van der Waals surface area contributed by atoms with Crippen molar-refractivity contribution in [1.82, 2.24) is 10.2 Å². The van der Waals surface area contributed by atoms with E-state index in [1.165, 1.54) is 58.2 Å². The van der Waals surface area contributed by atoms with Crippen LogP contribution < -0.4 is 5.32 Å². The van der Waals surface area contributed by atoms with Gasteiger partial charge in [0.2, 0.25) is 0 Å². The third-order valence-corrected chi connectivity index (χ3v) is 4.37. The number of unbranched alkanes of at least 4 members (excludes halogenated alkanes) is 1. The molecule has 3 nitrogen and oxygen atoms in total. The number of piperidine rings is 1. The molecular formula is C15H30N2O. The summed E-state index contributed by atoms with van der Waals surface area (Å²) in [4.78, 5) is 2.63. The van der Waals surface area contributed by atoms with Crippen molar-refractivity contribution in [2.75, 3.05) is 26.2 Å². The number of nitrogens with zero attached hydrogens (tertiary/aromatic N) is 1. The standard InChI is InChI=1S/C15H30N2O/c1-3-4-8-17-9-5-14(6-10-17)16-15-7-11-18-13(2)12-15/h13-16H,3-12H2,1-2H3. The van der Waals surface area contributed by atoms with Gasteiger partial charge in [-0.3, -0.25) is 0 Å². The second kappa shape index (κ2) is 7.46. The van der Waals surface area contributed by atoms with E-state index in [4.69, 9.17) is 4.74 Å². The molecule has 106 valence electrons. The molecule has 0 bridgehead atoms. The lowest BCUT2D eigenvalue weighted by molar-refractivity contribution is 0.00943. The van der Waals surface area contributed by atoms with Gasteiger partial charge in [-0.1, -0.05) is 13.3 Å². The van der Waals surface area contributed by atoms with Crippen molar-refractivity contribution in [1.29, 1.82) is 0 Å². The minimum absolute atomic E-state index is 0.445. The van der Waals surface area contributed by atoms with Crippen LogP contribution in [0.25, 0.3) is 0 Å². The van der Waals surface area contributed by atoms with E-state index in [2.05, 4.69) is 24.1 Å². The summed E-state index contributed by atoms with van der Waals surface area (Å²) in [6.45, 7) is 9.29. The first-order valence-corrected chi connectivity index (χ1v) is 7.88. The summed E-state index contributed by atoms with van der Waals surface area (Å²) in [5, 5.41) is 3.86. The average Bonchev–Trinajstić information content (AvgIpc) is 2.38. The zero-order chi connectivity index (χ0) is 12.8. The Morgan fingerprint density at radius 3 is 2.61 bits per heavy atom. The van der Waals surface area contributed by atoms with Gasteiger partial charge in [0, 0.05) is 18.7 Å². The molecule has 2 heterocycles. The summed E-state index contributed by atoms with van der Waals surface area (Å²) >= 11 is 0. The molecule has 0 aromatic heterocycles. The Bertz CT molecular complexity index is 227. The second-order valence-electron chi connectivity index (χ2n) is 6.04. The first-order chi connectivity index (χ1) is 8.78. The molecule has 0 amide bonds. The first-order valence-electron chi connectivity index (χ1n) is 7.88. The molecule has 0 saturated carbocycles. The Labute approximate surface area is 112 Å². The quantitative estimate of drug-likeness (QED) is 0.815. The maximum Gasteiger partial charge on any atom is 0.0561 e. The molecule has 2 atom stereocenters. The Morgan fingerprint density at radius 1 is 1.17 bits per heavy atom. The topological polar surface area (TPSA) is 24.5 Å². The van der Waals surface area contributed by atoms with Crippen molar-refractivity contribution in [2.45, 2.75) is 70.6 Å². The maximum atomic E-state index is 5.61. The number of likely N-dealkylation sites (tertiary alicyclic amines) is 1. The van der Waals surface area contributed by atoms with E-state index >= 15 is 0 Å². The number of ether oxygens (including phenoxy) is 1. The van der Waals surface area contributed by atoms with Crippen LogP contribution in [-0.2, 0) is 4.74 Å². The van der Waals surface area contributed by atoms with E-state index in [9.17, 15) is 0 Å². The fraction of sp³-hybridized carbons (Fsp3) is 1.00. The normalized spacial score (nSPS) is 31.7. The number of rotatable bonds is 5. The third-order valence-electron chi connectivity index (χ3n) is 4.37. The molecule has 2 aliphatic heterocycles. The van der Waals surface area contributed by atoms with Crippen LogP contribution in [0.5, 0.6) is 0 Å². The lowest BCUT2D eigenvalue weighted by Gasteiger charge is -2.36. The van der Waals surface area contributed by atoms with Gasteiger partial charge in [-0.05, 0) is 58.7 Å². The molecule has 0 aliphatic carbocycles. The summed E-state index contributed by atoms with van der Waals surface area (Å²) in [6, 6.07) is 1.44. The summed E-state index contributed by atoms with van der Waals surface area (Å²) in [5.41, 5.74) is 0. The van der Waals surface area contributed by atoms with E-state index in [-0.39, 0.29) is 0 Å². The number of hydrogen-bond donors (Lipinski definition) is 1. The molecule has 1 N–H and O–H groups in total. The zero-order valence-corrected chi connectivity index (χ0v) is 12.2. The molecule has 2 unspecified atom stereocenters. The third kappa shape index (κ3) is 4.52. The predicted octanol–water partition coefficient (Wildman–Crippen LogP) is 2.41. The highest BCUT2D eigenvalue weighted by Gasteiger charge is 2.24. The van der Waals surface area contributed by atoms with E-state index < -0.39 is 0 Å². The molecule has 18 heavy (non-hydrogen) atoms. The minimum atomic E-state index is 0.445. The fourth-order valence-corrected chi connectivity index (χ4v) is 3.19. The predicted molar refractivity (Wildman–Crippen MR) is 75.9 cm³/mol. The highest BCUT2D eigenvalue weighted by Crippen LogP contribution is 2.17. The largest absolute Gasteiger partial charge is 0.378 e. The van der Waals surface area contributed by atoms with Gasteiger partial charge in [0.15, 0.2) is 0 Å². The molecule has 0 aromatic rings. The molecule has 2 fully saturated rings. The van der Waals surface area contributed by atoms with Crippen molar-refractivity contribution in [3.63, 3.8) is 0 Å². The van der Waals surface area contributed by atoms with Crippen molar-refractivity contribution >= 4 is 0 Å². The van der Waals surface area contributed by atoms with Crippen LogP contribution in [0.15, 0.2) is 0 Å². The van der Waals surface area contributed by atoms with Crippen LogP contribution >= 0.6 is 0 Å². The smallest absolute Gasteiger partial charge is 0.0561 e. The Hall–Kier alpha value is -0.120. The zero-order valence-electron chi connectivity index (χ0n) is 12.2. The monoisotopic (exact) mass is 254 g/mol. The molecule has 0 radical (unpaired) electrons. The molecular weight excluding hydrogens is 224 g/mol. The molecule has 0 spiro atoms. The van der Waals surface area contributed by atoms with Crippen LogP contribution in [-0.4, -0.2) is 49.3 Å². The lowest BCUT2D eigenvalue weighted by Crippen LogP contribution is -2.48. The van der Waals surface area contributed by atoms with E-state index in [0.29, 0.717) is 12.1 Å². The Balaban J connectivity index is 1.63. The summed E-state index contributed by atoms with van der Waals surface area (Å²) < 4.78 is 5.61. The molecule has 2 aliphatic rings. The van der Waals surface area contributed by atoms with Gasteiger partial charge in [0.1, 0.15) is 0 Å². The van der Waals surface area contributed by atoms with Gasteiger partial charge in [-0.2, -0.15) is 0 Å². The Kier molecular flexibility index (Phi) is 5.93. The van der Waals surface area contributed by atoms with Crippen LogP contribution in [0.2, 0.25) is 0 Å². The first kappa shape index (κ1) is 14.3. The highest BCUT2D eigenvalue weighted by atomic mass is 16.5. The minimum Gasteiger partial charge on any atom is -0.378 e. The summed E-state index contributed by atoms with van der Waals surface area (Å²) in [5.74, 6) is 0. The van der Waals surface area contributed by atoms with Gasteiger partial charge in [-0.15, -0.1) is 0 Å². The van der Waals surface area contributed by atoms with Gasteiger partial charge < -0.3 is 15.0 Å². The summed E-state index contributed by atoms with van der Waals surface area (Å²) in [6.07, 6.45) is 8.16. The number of nitrogens with one attached hydrogen (secondary N) is 1. The maximum absolute atomic E-state index is 5.61. The van der Waals surface area contributed by atoms with E-state index in [1.807, 2.05) is 0 Å². The van der Waals surface area contributed by atoms with Crippen molar-refractivity contribution in [3.8, 4) is 0 Å². The van der Waals surface area contributed by atoms with Gasteiger partial charge in [0.05, 0.1) is 6.10 Å². The lowest BCUT2D eigenvalue weighted by atomic mass is 9.99. The fourth-order valence-electron chi connectivity index (χ4n) is 3.19. The second-order valence-corrected chi connectivity index (χ2v) is 6.04. The van der Waals surface area contributed by atoms with E-state index in [1.54, 1.807) is 0 Å². The van der Waals surface area contributed by atoms with Crippen molar-refractivity contribution in [3.05, 3.63) is 0 Å². The average molecular weight is 254 g/mol. The SMILES string of the molecule is CCCCN1CCC(NC2CCOC(C)C2)CC1. The molecule has 2 rings (SSSR count). The van der Waals surface area contributed by atoms with Crippen LogP contribution in [0.1, 0.15) is 52.4 Å². The van der Waals surface area contributed by atoms with Crippen molar-refractivity contribution < 1.29 is 4.74 Å². The van der Waals surface area contributed by atoms with Gasteiger partial charge in [0.25, 0.3) is 0 Å². The molecule has 0 aromatic carbocycles.